The molecule has 0 aromatic rings. The lowest BCUT2D eigenvalue weighted by Gasteiger charge is -2.34. The van der Waals surface area contributed by atoms with Crippen molar-refractivity contribution in [3.63, 3.8) is 0 Å². The Kier molecular flexibility index (Phi) is 11.9. The van der Waals surface area contributed by atoms with Crippen LogP contribution in [0.2, 0.25) is 0 Å². The summed E-state index contributed by atoms with van der Waals surface area (Å²) in [5.74, 6) is 1.53. The highest BCUT2D eigenvalue weighted by Gasteiger charge is 2.14. The fraction of sp³-hybridized carbons (Fsp3) is 0.944. The molecule has 24 heavy (non-hydrogen) atoms. The van der Waals surface area contributed by atoms with Gasteiger partial charge in [-0.05, 0) is 25.8 Å². The third-order valence-corrected chi connectivity index (χ3v) is 4.14. The van der Waals surface area contributed by atoms with Crippen LogP contribution >= 0.6 is 0 Å². The minimum Gasteiger partial charge on any atom is -0.381 e. The third-order valence-electron chi connectivity index (χ3n) is 4.14. The van der Waals surface area contributed by atoms with Crippen molar-refractivity contribution in [1.29, 1.82) is 0 Å². The molecule has 0 saturated carbocycles. The molecule has 6 nitrogen and oxygen atoms in total. The molecule has 1 aliphatic heterocycles. The number of piperazine rings is 1. The summed E-state index contributed by atoms with van der Waals surface area (Å²) in [5, 5.41) is 6.76. The molecule has 0 aliphatic carbocycles. The van der Waals surface area contributed by atoms with Gasteiger partial charge >= 0.3 is 0 Å². The van der Waals surface area contributed by atoms with Crippen LogP contribution in [0.3, 0.4) is 0 Å². The van der Waals surface area contributed by atoms with Crippen LogP contribution in [0.15, 0.2) is 4.99 Å². The number of hydrogen-bond donors (Lipinski definition) is 2. The van der Waals surface area contributed by atoms with Crippen LogP contribution in [0.25, 0.3) is 0 Å². The van der Waals surface area contributed by atoms with E-state index >= 15 is 0 Å². The van der Waals surface area contributed by atoms with Gasteiger partial charge in [-0.3, -0.25) is 9.89 Å². The third kappa shape index (κ3) is 10.1. The predicted molar refractivity (Wildman–Crippen MR) is 103 cm³/mol. The summed E-state index contributed by atoms with van der Waals surface area (Å²) in [6, 6.07) is 0. The summed E-state index contributed by atoms with van der Waals surface area (Å²) >= 11 is 0. The molecule has 0 radical (unpaired) electrons. The first kappa shape index (κ1) is 21.2. The average Bonchev–Trinajstić information content (AvgIpc) is 2.58. The Balaban J connectivity index is 2.14. The number of aliphatic imine (C=N–C) groups is 1. The Bertz CT molecular complexity index is 327. The highest BCUT2D eigenvalue weighted by molar-refractivity contribution is 5.79. The lowest BCUT2D eigenvalue weighted by molar-refractivity contribution is 0.109. The van der Waals surface area contributed by atoms with E-state index in [0.717, 1.165) is 51.8 Å². The van der Waals surface area contributed by atoms with Crippen LogP contribution in [0, 0.1) is 5.92 Å². The molecule has 6 heteroatoms. The van der Waals surface area contributed by atoms with Gasteiger partial charge in [0.15, 0.2) is 5.96 Å². The van der Waals surface area contributed by atoms with E-state index in [1.165, 1.54) is 32.7 Å². The molecular weight excluding hydrogens is 302 g/mol. The minimum atomic E-state index is 0.603. The average molecular weight is 342 g/mol. The number of hydrogen-bond acceptors (Lipinski definition) is 4. The summed E-state index contributed by atoms with van der Waals surface area (Å²) in [6.45, 7) is 20.0. The first-order valence-electron chi connectivity index (χ1n) is 9.70. The van der Waals surface area contributed by atoms with Crippen LogP contribution in [0.5, 0.6) is 0 Å². The molecule has 0 amide bonds. The second kappa shape index (κ2) is 13.4. The van der Waals surface area contributed by atoms with Gasteiger partial charge in [0.1, 0.15) is 0 Å². The van der Waals surface area contributed by atoms with E-state index in [-0.39, 0.29) is 0 Å². The van der Waals surface area contributed by atoms with Crippen LogP contribution in [0.1, 0.15) is 34.1 Å². The number of nitrogens with one attached hydrogen (secondary N) is 2. The number of ether oxygens (including phenoxy) is 1. The van der Waals surface area contributed by atoms with Crippen molar-refractivity contribution in [2.45, 2.75) is 34.1 Å². The molecule has 1 fully saturated rings. The molecule has 2 N–H and O–H groups in total. The van der Waals surface area contributed by atoms with E-state index < -0.39 is 0 Å². The molecule has 1 saturated heterocycles. The normalized spacial score (nSPS) is 17.5. The lowest BCUT2D eigenvalue weighted by atomic mass is 10.2. The van der Waals surface area contributed by atoms with Crippen LogP contribution in [-0.2, 0) is 4.74 Å². The quantitative estimate of drug-likeness (QED) is 0.336. The van der Waals surface area contributed by atoms with Gasteiger partial charge in [0.25, 0.3) is 0 Å². The summed E-state index contributed by atoms with van der Waals surface area (Å²) in [7, 11) is 0. The Morgan fingerprint density at radius 3 is 2.42 bits per heavy atom. The van der Waals surface area contributed by atoms with E-state index in [2.05, 4.69) is 53.1 Å². The largest absolute Gasteiger partial charge is 0.381 e. The molecule has 1 aliphatic rings. The van der Waals surface area contributed by atoms with Gasteiger partial charge < -0.3 is 20.3 Å². The number of nitrogens with zero attached hydrogens (tertiary/aromatic N) is 3. The van der Waals surface area contributed by atoms with E-state index in [4.69, 9.17) is 4.74 Å². The molecule has 1 rings (SSSR count). The predicted octanol–water partition coefficient (Wildman–Crippen LogP) is 1.24. The highest BCUT2D eigenvalue weighted by atomic mass is 16.5. The van der Waals surface area contributed by atoms with Crippen LogP contribution in [-0.4, -0.2) is 87.9 Å². The Morgan fingerprint density at radius 2 is 1.79 bits per heavy atom. The topological polar surface area (TPSA) is 52.1 Å². The van der Waals surface area contributed by atoms with Crippen LogP contribution < -0.4 is 10.6 Å². The smallest absolute Gasteiger partial charge is 0.191 e. The zero-order chi connectivity index (χ0) is 17.6. The molecular formula is C18H39N5O. The molecule has 0 aromatic heterocycles. The van der Waals surface area contributed by atoms with Gasteiger partial charge in [-0.25, -0.2) is 0 Å². The van der Waals surface area contributed by atoms with Gasteiger partial charge in [0.2, 0.25) is 0 Å². The van der Waals surface area contributed by atoms with Gasteiger partial charge in [0.05, 0.1) is 0 Å². The molecule has 0 unspecified atom stereocenters. The number of rotatable bonds is 11. The maximum absolute atomic E-state index is 5.59. The fourth-order valence-corrected chi connectivity index (χ4v) is 2.68. The van der Waals surface area contributed by atoms with E-state index in [1.807, 2.05) is 0 Å². The maximum Gasteiger partial charge on any atom is 0.191 e. The van der Waals surface area contributed by atoms with Crippen molar-refractivity contribution in [3.05, 3.63) is 0 Å². The summed E-state index contributed by atoms with van der Waals surface area (Å²) in [4.78, 5) is 9.67. The summed E-state index contributed by atoms with van der Waals surface area (Å²) < 4.78 is 5.59. The molecule has 0 aromatic carbocycles. The number of likely N-dealkylation sites (N-methyl/N-ethyl adjacent to an activating group) is 1. The highest BCUT2D eigenvalue weighted by Crippen LogP contribution is 1.99. The van der Waals surface area contributed by atoms with Crippen molar-refractivity contribution in [2.75, 3.05) is 72.1 Å². The number of guanidine groups is 1. The minimum absolute atomic E-state index is 0.603. The second-order valence-corrected chi connectivity index (χ2v) is 6.79. The first-order valence-corrected chi connectivity index (χ1v) is 9.70. The maximum atomic E-state index is 5.59. The van der Waals surface area contributed by atoms with Gasteiger partial charge in [-0.2, -0.15) is 0 Å². The zero-order valence-electron chi connectivity index (χ0n) is 16.3. The van der Waals surface area contributed by atoms with Gasteiger partial charge in [0, 0.05) is 65.6 Å². The van der Waals surface area contributed by atoms with E-state index in [0.29, 0.717) is 5.92 Å². The van der Waals surface area contributed by atoms with Crippen molar-refractivity contribution < 1.29 is 4.74 Å². The molecule has 142 valence electrons. The Morgan fingerprint density at radius 1 is 1.08 bits per heavy atom. The lowest BCUT2D eigenvalue weighted by Crippen LogP contribution is -2.49. The monoisotopic (exact) mass is 341 g/mol. The molecule has 0 spiro atoms. The Hall–Kier alpha value is -0.850. The van der Waals surface area contributed by atoms with Crippen molar-refractivity contribution in [1.82, 2.24) is 20.4 Å². The van der Waals surface area contributed by atoms with Gasteiger partial charge in [-0.15, -0.1) is 0 Å². The summed E-state index contributed by atoms with van der Waals surface area (Å²) in [5.41, 5.74) is 0. The van der Waals surface area contributed by atoms with Gasteiger partial charge in [-0.1, -0.05) is 20.8 Å². The van der Waals surface area contributed by atoms with Crippen molar-refractivity contribution in [2.24, 2.45) is 10.9 Å². The zero-order valence-corrected chi connectivity index (χ0v) is 16.3. The Labute approximate surface area is 149 Å². The van der Waals surface area contributed by atoms with E-state index in [9.17, 15) is 0 Å². The second-order valence-electron chi connectivity index (χ2n) is 6.79. The first-order chi connectivity index (χ1) is 11.7. The van der Waals surface area contributed by atoms with Crippen LogP contribution in [0.4, 0.5) is 0 Å². The fourth-order valence-electron chi connectivity index (χ4n) is 2.68. The molecule has 1 heterocycles. The SMILES string of the molecule is CCNC(=NCCCOCC(C)C)NCCN1CCN(CC)CC1. The van der Waals surface area contributed by atoms with E-state index in [1.54, 1.807) is 0 Å². The molecule has 0 bridgehead atoms. The molecule has 0 atom stereocenters. The summed E-state index contributed by atoms with van der Waals surface area (Å²) in [6.07, 6.45) is 0.974. The van der Waals surface area contributed by atoms with Crippen molar-refractivity contribution >= 4 is 5.96 Å². The van der Waals surface area contributed by atoms with Crippen molar-refractivity contribution in [3.8, 4) is 0 Å². The standard InChI is InChI=1S/C18H39N5O/c1-5-19-18(20-8-7-15-24-16-17(3)4)21-9-10-23-13-11-22(6-2)12-14-23/h17H,5-16H2,1-4H3,(H2,19,20,21).